The Labute approximate surface area is 136 Å². The molecule has 1 aromatic heterocycles. The molecule has 3 rings (SSSR count). The van der Waals surface area contributed by atoms with Crippen molar-refractivity contribution in [2.45, 2.75) is 64.5 Å². The van der Waals surface area contributed by atoms with Gasteiger partial charge >= 0.3 is 0 Å². The van der Waals surface area contributed by atoms with Gasteiger partial charge in [0.15, 0.2) is 0 Å². The largest absolute Gasteiger partial charge is 0.378 e. The van der Waals surface area contributed by atoms with Crippen molar-refractivity contribution in [2.75, 3.05) is 13.2 Å². The second-order valence-electron chi connectivity index (χ2n) is 6.42. The Morgan fingerprint density at radius 2 is 2.23 bits per heavy atom. The number of aromatic nitrogens is 2. The summed E-state index contributed by atoms with van der Waals surface area (Å²) in [5.74, 6) is 0.100. The SMILES string of the molecule is CCCN(C(=O)c1cnns1)[C@H]1C[C@H](OCC)C12CCCC2. The molecule has 0 aromatic carbocycles. The maximum Gasteiger partial charge on any atom is 0.267 e. The summed E-state index contributed by atoms with van der Waals surface area (Å²) in [5, 5.41) is 3.82. The van der Waals surface area contributed by atoms with Gasteiger partial charge in [-0.1, -0.05) is 24.3 Å². The van der Waals surface area contributed by atoms with Gasteiger partial charge in [0, 0.05) is 24.6 Å². The van der Waals surface area contributed by atoms with Crippen LogP contribution in [0.3, 0.4) is 0 Å². The molecule has 0 N–H and O–H groups in total. The normalized spacial score (nSPS) is 26.1. The Bertz CT molecular complexity index is 499. The van der Waals surface area contributed by atoms with Crippen LogP contribution in [0.1, 0.15) is 62.0 Å². The van der Waals surface area contributed by atoms with Crippen molar-refractivity contribution in [3.05, 3.63) is 11.1 Å². The fourth-order valence-corrected chi connectivity index (χ4v) is 4.80. The van der Waals surface area contributed by atoms with Crippen LogP contribution in [-0.4, -0.2) is 45.7 Å². The van der Waals surface area contributed by atoms with Crippen molar-refractivity contribution in [3.63, 3.8) is 0 Å². The highest BCUT2D eigenvalue weighted by atomic mass is 32.1. The lowest BCUT2D eigenvalue weighted by Crippen LogP contribution is -2.65. The van der Waals surface area contributed by atoms with Gasteiger partial charge in [-0.05, 0) is 44.1 Å². The zero-order chi connectivity index (χ0) is 15.6. The Morgan fingerprint density at radius 1 is 1.45 bits per heavy atom. The molecule has 2 atom stereocenters. The van der Waals surface area contributed by atoms with E-state index in [4.69, 9.17) is 4.74 Å². The topological polar surface area (TPSA) is 55.3 Å². The van der Waals surface area contributed by atoms with E-state index < -0.39 is 0 Å². The van der Waals surface area contributed by atoms with Crippen LogP contribution in [0, 0.1) is 5.41 Å². The lowest BCUT2D eigenvalue weighted by atomic mass is 9.59. The molecular formula is C16H25N3O2S. The fraction of sp³-hybridized carbons (Fsp3) is 0.812. The Kier molecular flexibility index (Phi) is 4.78. The first-order chi connectivity index (χ1) is 10.7. The molecule has 2 aliphatic rings. The van der Waals surface area contributed by atoms with E-state index in [0.29, 0.717) is 17.0 Å². The van der Waals surface area contributed by atoms with Gasteiger partial charge in [-0.2, -0.15) is 0 Å². The number of nitrogens with zero attached hydrogens (tertiary/aromatic N) is 3. The molecule has 0 unspecified atom stereocenters. The summed E-state index contributed by atoms with van der Waals surface area (Å²) in [6, 6.07) is 0.320. The predicted octanol–water partition coefficient (Wildman–Crippen LogP) is 3.13. The quantitative estimate of drug-likeness (QED) is 0.807. The minimum atomic E-state index is 0.100. The van der Waals surface area contributed by atoms with Crippen molar-refractivity contribution in [1.29, 1.82) is 0 Å². The monoisotopic (exact) mass is 323 g/mol. The third kappa shape index (κ3) is 2.56. The first-order valence-electron chi connectivity index (χ1n) is 8.43. The number of ether oxygens (including phenoxy) is 1. The van der Waals surface area contributed by atoms with Gasteiger partial charge in [-0.3, -0.25) is 4.79 Å². The molecule has 22 heavy (non-hydrogen) atoms. The number of rotatable bonds is 6. The molecule has 6 heteroatoms. The van der Waals surface area contributed by atoms with Crippen LogP contribution in [-0.2, 0) is 4.74 Å². The Balaban J connectivity index is 1.81. The molecule has 0 radical (unpaired) electrons. The molecule has 1 amide bonds. The molecule has 2 saturated carbocycles. The summed E-state index contributed by atoms with van der Waals surface area (Å²) in [7, 11) is 0. The predicted molar refractivity (Wildman–Crippen MR) is 86.0 cm³/mol. The highest BCUT2D eigenvalue weighted by Gasteiger charge is 2.59. The van der Waals surface area contributed by atoms with Gasteiger partial charge in [-0.25, -0.2) is 0 Å². The van der Waals surface area contributed by atoms with Crippen LogP contribution < -0.4 is 0 Å². The number of carbonyl (C=O) groups is 1. The van der Waals surface area contributed by atoms with Crippen LogP contribution in [0.2, 0.25) is 0 Å². The van der Waals surface area contributed by atoms with Crippen molar-refractivity contribution in [3.8, 4) is 0 Å². The highest BCUT2D eigenvalue weighted by Crippen LogP contribution is 2.56. The first-order valence-corrected chi connectivity index (χ1v) is 9.20. The summed E-state index contributed by atoms with van der Waals surface area (Å²) >= 11 is 1.20. The number of hydrogen-bond acceptors (Lipinski definition) is 5. The third-order valence-electron chi connectivity index (χ3n) is 5.32. The molecule has 122 valence electrons. The van der Waals surface area contributed by atoms with Crippen LogP contribution in [0.4, 0.5) is 0 Å². The lowest BCUT2D eigenvalue weighted by molar-refractivity contribution is -0.156. The first kappa shape index (κ1) is 15.9. The van der Waals surface area contributed by atoms with Crippen LogP contribution in [0.25, 0.3) is 0 Å². The van der Waals surface area contributed by atoms with Gasteiger partial charge in [0.1, 0.15) is 4.88 Å². The smallest absolute Gasteiger partial charge is 0.267 e. The highest BCUT2D eigenvalue weighted by molar-refractivity contribution is 7.07. The summed E-state index contributed by atoms with van der Waals surface area (Å²) < 4.78 is 9.83. The standard InChI is InChI=1S/C16H25N3O2S/c1-3-9-19(15(20)12-11-17-18-22-12)13-10-14(21-4-2)16(13)7-5-6-8-16/h11,13-14H,3-10H2,1-2H3/t13-,14-/m0/s1. The van der Waals surface area contributed by atoms with E-state index in [2.05, 4.69) is 28.3 Å². The van der Waals surface area contributed by atoms with E-state index in [1.165, 1.54) is 37.2 Å². The number of hydrogen-bond donors (Lipinski definition) is 0. The van der Waals surface area contributed by atoms with E-state index in [1.54, 1.807) is 6.20 Å². The zero-order valence-corrected chi connectivity index (χ0v) is 14.3. The number of amides is 1. The van der Waals surface area contributed by atoms with E-state index in [-0.39, 0.29) is 11.3 Å². The maximum atomic E-state index is 12.9. The Hall–Kier alpha value is -1.01. The van der Waals surface area contributed by atoms with Gasteiger partial charge in [0.25, 0.3) is 5.91 Å². The maximum absolute atomic E-state index is 12.9. The van der Waals surface area contributed by atoms with Gasteiger partial charge in [0.2, 0.25) is 0 Å². The molecular weight excluding hydrogens is 298 g/mol. The average Bonchev–Trinajstić information content (AvgIpc) is 3.21. The molecule has 2 aliphatic carbocycles. The van der Waals surface area contributed by atoms with Gasteiger partial charge in [0.05, 0.1) is 12.3 Å². The molecule has 5 nitrogen and oxygen atoms in total. The molecule has 0 bridgehead atoms. The van der Waals surface area contributed by atoms with Crippen molar-refractivity contribution in [2.24, 2.45) is 5.41 Å². The second kappa shape index (κ2) is 6.62. The molecule has 0 aliphatic heterocycles. The van der Waals surface area contributed by atoms with Crippen LogP contribution >= 0.6 is 11.5 Å². The summed E-state index contributed by atoms with van der Waals surface area (Å²) in [5.41, 5.74) is 0.193. The fourth-order valence-electron chi connectivity index (χ4n) is 4.33. The zero-order valence-electron chi connectivity index (χ0n) is 13.5. The van der Waals surface area contributed by atoms with E-state index in [1.807, 2.05) is 0 Å². The summed E-state index contributed by atoms with van der Waals surface area (Å²) in [6.45, 7) is 5.76. The molecule has 0 saturated heterocycles. The van der Waals surface area contributed by atoms with Crippen molar-refractivity contribution < 1.29 is 9.53 Å². The molecule has 1 spiro atoms. The Morgan fingerprint density at radius 3 is 2.82 bits per heavy atom. The van der Waals surface area contributed by atoms with Gasteiger partial charge < -0.3 is 9.64 Å². The van der Waals surface area contributed by atoms with E-state index >= 15 is 0 Å². The van der Waals surface area contributed by atoms with Crippen LogP contribution in [0.15, 0.2) is 6.20 Å². The van der Waals surface area contributed by atoms with Crippen molar-refractivity contribution in [1.82, 2.24) is 14.5 Å². The summed E-state index contributed by atoms with van der Waals surface area (Å²) in [6.07, 6.45) is 8.78. The molecule has 1 heterocycles. The van der Waals surface area contributed by atoms with E-state index in [0.717, 1.165) is 26.0 Å². The number of carbonyl (C=O) groups excluding carboxylic acids is 1. The van der Waals surface area contributed by atoms with Crippen LogP contribution in [0.5, 0.6) is 0 Å². The minimum absolute atomic E-state index is 0.100. The minimum Gasteiger partial charge on any atom is -0.378 e. The summed E-state index contributed by atoms with van der Waals surface area (Å²) in [4.78, 5) is 15.6. The second-order valence-corrected chi connectivity index (χ2v) is 7.20. The molecule has 1 aromatic rings. The average molecular weight is 323 g/mol. The van der Waals surface area contributed by atoms with Crippen molar-refractivity contribution >= 4 is 17.4 Å². The third-order valence-corrected chi connectivity index (χ3v) is 5.97. The molecule has 2 fully saturated rings. The van der Waals surface area contributed by atoms with E-state index in [9.17, 15) is 4.79 Å². The van der Waals surface area contributed by atoms with Gasteiger partial charge in [-0.15, -0.1) is 5.10 Å². The lowest BCUT2D eigenvalue weighted by Gasteiger charge is -2.57.